The summed E-state index contributed by atoms with van der Waals surface area (Å²) in [6, 6.07) is 44.8. The molecule has 0 radical (unpaired) electrons. The SMILES string of the molecule is CC(C)CN(c1ccc(C2(OC=O)CCC2)cc1Nc1ccc(Cl)cc1)C1CCCCC1.CC(C)CN(c1ccc(C2(OC=O)CCC2)cc1Nc1cncnc1)C1CCCCC1.CCOc1ccc(Nc2cc(C3(OC=O)CCC3)ccc2N(CC(C)C)C2CCCCC2)cc1.CCOc1ncc(Nc2cc(C3(OC=O)CCC3)ccc2N(CC(C)C)C2CCCCC2)cn1. The highest BCUT2D eigenvalue weighted by atomic mass is 35.5. The number of nitrogens with zero attached hydrogens (tertiary/aromatic N) is 8. The predicted molar refractivity (Wildman–Crippen MR) is 530 cm³/mol. The van der Waals surface area contributed by atoms with E-state index < -0.39 is 22.4 Å². The summed E-state index contributed by atoms with van der Waals surface area (Å²) in [7, 11) is 0. The van der Waals surface area contributed by atoms with Crippen molar-refractivity contribution in [2.45, 2.75) is 321 Å². The molecule has 706 valence electrons. The molecule has 4 N–H and O–H groups in total. The van der Waals surface area contributed by atoms with Crippen LogP contribution in [0.3, 0.4) is 0 Å². The van der Waals surface area contributed by atoms with Gasteiger partial charge in [0.2, 0.25) is 0 Å². The standard InChI is InChI=1S/C29H40N2O3.C27H35ClN2O2.C27H38N4O3.C25H34N4O2/c1-4-33-26-14-12-24(13-15-26)30-27-19-23(29(34-21-32)17-8-18-29)11-16-28(27)31(20-22(2)3)25-9-6-5-7-10-25;1-20(2)18-30(24-7-4-3-5-8-24)26-14-9-21(27(32-19-31)15-6-16-27)17-25(26)29-23-12-10-22(28)11-13-23;1-4-33-26-28-16-22(17-29-26)30-24-15-21(27(34-19-32)13-8-14-27)11-12-25(24)31(18-20(2)3)23-9-6-5-7-10-23;1-19(2)16-29(22-7-4-3-5-8-22)24-10-9-20(25(31-18-30)11-6-12-25)13-23(24)28-21-14-26-17-27-15-21/h11-16,19,21-22,25,30H,4-10,17-18,20H2,1-3H3;9-14,17,19-20,24,29H,3-8,15-16,18H2,1-2H3;11-12,15-17,19-20,23,30H,4-10,13-14,18H2,1-3H3;9-10,13-15,17-19,22,28H,3-8,11-12,16H2,1-2H3. The van der Waals surface area contributed by atoms with Crippen molar-refractivity contribution >= 4 is 106 Å². The minimum atomic E-state index is -0.514. The molecule has 8 aromatic rings. The number of nitrogens with one attached hydrogen (secondary N) is 4. The zero-order chi connectivity index (χ0) is 92.2. The van der Waals surface area contributed by atoms with Crippen molar-refractivity contribution in [1.29, 1.82) is 0 Å². The third-order valence-electron chi connectivity index (χ3n) is 28.0. The molecule has 0 bridgehead atoms. The zero-order valence-corrected chi connectivity index (χ0v) is 80.5. The van der Waals surface area contributed by atoms with Crippen LogP contribution in [-0.2, 0) is 60.5 Å². The lowest BCUT2D eigenvalue weighted by molar-refractivity contribution is -0.156. The van der Waals surface area contributed by atoms with Gasteiger partial charge in [0, 0.05) is 66.7 Å². The highest BCUT2D eigenvalue weighted by Crippen LogP contribution is 2.52. The molecule has 8 aliphatic rings. The first-order chi connectivity index (χ1) is 63.7. The number of halogens is 1. The minimum absolute atomic E-state index is 0.374. The topological polar surface area (TPSA) is 236 Å². The highest BCUT2D eigenvalue weighted by Gasteiger charge is 2.46. The smallest absolute Gasteiger partial charge is 0.316 e. The summed E-state index contributed by atoms with van der Waals surface area (Å²) < 4.78 is 33.5. The lowest BCUT2D eigenvalue weighted by Gasteiger charge is -2.42. The van der Waals surface area contributed by atoms with Crippen LogP contribution in [0.15, 0.2) is 152 Å². The van der Waals surface area contributed by atoms with Crippen LogP contribution >= 0.6 is 11.6 Å². The van der Waals surface area contributed by atoms with Crippen LogP contribution in [0.2, 0.25) is 5.02 Å². The Kier molecular flexibility index (Phi) is 35.8. The van der Waals surface area contributed by atoms with Crippen LogP contribution in [-0.4, -0.2) is 109 Å². The maximum absolute atomic E-state index is 11.3. The Labute approximate surface area is 785 Å². The second-order valence-electron chi connectivity index (χ2n) is 39.3. The quantitative estimate of drug-likeness (QED) is 0.0206. The van der Waals surface area contributed by atoms with Gasteiger partial charge in [-0.25, -0.2) is 19.9 Å². The largest absolute Gasteiger partial charge is 0.494 e. The molecule has 16 rings (SSSR count). The van der Waals surface area contributed by atoms with E-state index in [0.29, 0.717) is 93.0 Å². The Morgan fingerprint density at radius 2 is 0.611 bits per heavy atom. The first kappa shape index (κ1) is 98.2. The first-order valence-electron chi connectivity index (χ1n) is 49.6. The van der Waals surface area contributed by atoms with E-state index in [1.807, 2.05) is 50.2 Å². The second-order valence-corrected chi connectivity index (χ2v) is 39.7. The molecule has 131 heavy (non-hydrogen) atoms. The molecule has 8 saturated carbocycles. The van der Waals surface area contributed by atoms with Crippen LogP contribution in [0.25, 0.3) is 0 Å². The van der Waals surface area contributed by atoms with E-state index in [4.69, 9.17) is 40.0 Å². The summed E-state index contributed by atoms with van der Waals surface area (Å²) in [6.45, 7) is 29.8. The van der Waals surface area contributed by atoms with Gasteiger partial charge in [-0.1, -0.05) is 168 Å². The number of carbonyl (C=O) groups excluding carboxylic acids is 4. The van der Waals surface area contributed by atoms with E-state index >= 15 is 0 Å². The van der Waals surface area contributed by atoms with Crippen LogP contribution in [0, 0.1) is 23.7 Å². The van der Waals surface area contributed by atoms with E-state index in [1.54, 1.807) is 24.8 Å². The number of hydrogen-bond donors (Lipinski definition) is 4. The van der Waals surface area contributed by atoms with Crippen LogP contribution in [0.5, 0.6) is 11.8 Å². The van der Waals surface area contributed by atoms with Gasteiger partial charge in [0.25, 0.3) is 25.9 Å². The highest BCUT2D eigenvalue weighted by molar-refractivity contribution is 6.30. The summed E-state index contributed by atoms with van der Waals surface area (Å²) in [5, 5.41) is 15.2. The monoisotopic (exact) mass is 1810 g/mol. The third kappa shape index (κ3) is 25.7. The van der Waals surface area contributed by atoms with E-state index in [2.05, 4.69) is 201 Å². The molecule has 23 heteroatoms. The Morgan fingerprint density at radius 1 is 0.344 bits per heavy atom. The first-order valence-corrected chi connectivity index (χ1v) is 50.0. The van der Waals surface area contributed by atoms with Crippen LogP contribution in [0.1, 0.15) is 297 Å². The molecule has 6 aromatic carbocycles. The predicted octanol–water partition coefficient (Wildman–Crippen LogP) is 26.1. The number of benzene rings is 6. The number of ether oxygens (including phenoxy) is 6. The van der Waals surface area contributed by atoms with E-state index in [0.717, 1.165) is 182 Å². The van der Waals surface area contributed by atoms with Crippen molar-refractivity contribution in [3.8, 4) is 11.8 Å². The molecule has 2 aromatic heterocycles. The van der Waals surface area contributed by atoms with Gasteiger partial charge in [0.05, 0.1) is 94.9 Å². The zero-order valence-electron chi connectivity index (χ0n) is 79.8. The average Bonchev–Trinajstić information content (AvgIpc) is 0.775. The number of carbonyl (C=O) groups is 4. The van der Waals surface area contributed by atoms with E-state index in [1.165, 1.54) is 157 Å². The molecular formula is C108H147ClN12O10. The van der Waals surface area contributed by atoms with E-state index in [9.17, 15) is 19.2 Å². The number of rotatable bonds is 40. The lowest BCUT2D eigenvalue weighted by Crippen LogP contribution is -2.40. The van der Waals surface area contributed by atoms with Gasteiger partial charge < -0.3 is 69.3 Å². The Hall–Kier alpha value is -10.4. The molecule has 0 amide bonds. The summed E-state index contributed by atoms with van der Waals surface area (Å²) in [5.74, 6) is 3.11. The molecule has 0 aliphatic heterocycles. The summed E-state index contributed by atoms with van der Waals surface area (Å²) in [6.07, 6.45) is 45.5. The summed E-state index contributed by atoms with van der Waals surface area (Å²) in [5.41, 5.74) is 15.0. The second kappa shape index (κ2) is 47.8. The minimum Gasteiger partial charge on any atom is -0.494 e. The maximum atomic E-state index is 11.3. The van der Waals surface area contributed by atoms with E-state index in [-0.39, 0.29) is 0 Å². The fourth-order valence-electron chi connectivity index (χ4n) is 20.8. The normalized spacial score (nSPS) is 17.9. The molecule has 0 saturated heterocycles. The van der Waals surface area contributed by atoms with Gasteiger partial charge in [-0.2, -0.15) is 0 Å². The fraction of sp³-hybridized carbons (Fsp3) is 0.556. The van der Waals surface area contributed by atoms with Gasteiger partial charge in [-0.15, -0.1) is 0 Å². The maximum Gasteiger partial charge on any atom is 0.316 e. The summed E-state index contributed by atoms with van der Waals surface area (Å²) in [4.78, 5) is 72.4. The van der Waals surface area contributed by atoms with Crippen LogP contribution < -0.4 is 50.3 Å². The lowest BCUT2D eigenvalue weighted by atomic mass is 9.74. The fourth-order valence-corrected chi connectivity index (χ4v) is 20.9. The van der Waals surface area contributed by atoms with Gasteiger partial charge in [0.1, 0.15) is 34.5 Å². The Balaban J connectivity index is 0.000000149. The van der Waals surface area contributed by atoms with Gasteiger partial charge in [-0.05, 0) is 285 Å². The molecule has 22 nitrogen and oxygen atoms in total. The van der Waals surface area contributed by atoms with Crippen molar-refractivity contribution in [3.63, 3.8) is 0 Å². The van der Waals surface area contributed by atoms with Gasteiger partial charge in [-0.3, -0.25) is 19.2 Å². The molecule has 0 spiro atoms. The number of hydrogen-bond acceptors (Lipinski definition) is 22. The third-order valence-corrected chi connectivity index (χ3v) is 28.2. The number of aromatic nitrogens is 4. The Bertz CT molecular complexity index is 4690. The molecule has 8 fully saturated rings. The van der Waals surface area contributed by atoms with Crippen molar-refractivity contribution in [2.75, 3.05) is 80.3 Å². The molecule has 2 heterocycles. The molecule has 8 aliphatic carbocycles. The molecule has 0 atom stereocenters. The average molecular weight is 1810 g/mol. The summed E-state index contributed by atoms with van der Waals surface area (Å²) >= 11 is 6.12. The van der Waals surface area contributed by atoms with Crippen molar-refractivity contribution in [1.82, 2.24) is 19.9 Å². The van der Waals surface area contributed by atoms with Gasteiger partial charge in [0.15, 0.2) is 0 Å². The van der Waals surface area contributed by atoms with Crippen molar-refractivity contribution < 1.29 is 47.6 Å². The van der Waals surface area contributed by atoms with Crippen LogP contribution in [0.4, 0.5) is 68.2 Å². The van der Waals surface area contributed by atoms with Crippen molar-refractivity contribution in [3.05, 3.63) is 180 Å². The molecule has 0 unspecified atom stereocenters. The van der Waals surface area contributed by atoms with Gasteiger partial charge >= 0.3 is 6.01 Å². The van der Waals surface area contributed by atoms with Crippen molar-refractivity contribution in [2.24, 2.45) is 23.7 Å². The number of anilines is 12. The Morgan fingerprint density at radius 3 is 0.863 bits per heavy atom. The molecular weight excluding hydrogens is 1660 g/mol.